The first-order valence-corrected chi connectivity index (χ1v) is 5.62. The topological polar surface area (TPSA) is 24.9 Å². The van der Waals surface area contributed by atoms with Crippen molar-refractivity contribution in [2.24, 2.45) is 5.92 Å². The fourth-order valence-corrected chi connectivity index (χ4v) is 1.83. The third-order valence-corrected chi connectivity index (χ3v) is 2.76. The minimum absolute atomic E-state index is 0.783. The zero-order valence-electron chi connectivity index (χ0n) is 8.63. The van der Waals surface area contributed by atoms with Crippen molar-refractivity contribution in [1.29, 1.82) is 0 Å². The molecule has 2 nitrogen and oxygen atoms in total. The number of nitrogens with zero attached hydrogens (tertiary/aromatic N) is 1. The SMILES string of the molecule is Cc1cnc(CNCCC(C)C)s1. The van der Waals surface area contributed by atoms with Gasteiger partial charge in [0.2, 0.25) is 0 Å². The van der Waals surface area contributed by atoms with Crippen molar-refractivity contribution in [2.45, 2.75) is 33.7 Å². The smallest absolute Gasteiger partial charge is 0.107 e. The Morgan fingerprint density at radius 1 is 1.54 bits per heavy atom. The van der Waals surface area contributed by atoms with Crippen LogP contribution >= 0.6 is 11.3 Å². The Bertz CT molecular complexity index is 243. The molecule has 0 aliphatic heterocycles. The highest BCUT2D eigenvalue weighted by molar-refractivity contribution is 7.11. The summed E-state index contributed by atoms with van der Waals surface area (Å²) in [6.07, 6.45) is 3.18. The number of thiazole rings is 1. The summed E-state index contributed by atoms with van der Waals surface area (Å²) in [6, 6.07) is 0. The fourth-order valence-electron chi connectivity index (χ4n) is 1.07. The Hall–Kier alpha value is -0.410. The molecule has 0 unspecified atom stereocenters. The van der Waals surface area contributed by atoms with Crippen LogP contribution in [0.4, 0.5) is 0 Å². The van der Waals surface area contributed by atoms with Gasteiger partial charge in [-0.15, -0.1) is 11.3 Å². The molecule has 1 aromatic heterocycles. The maximum atomic E-state index is 4.29. The lowest BCUT2D eigenvalue weighted by Gasteiger charge is -2.04. The maximum Gasteiger partial charge on any atom is 0.107 e. The van der Waals surface area contributed by atoms with E-state index in [2.05, 4.69) is 31.1 Å². The zero-order chi connectivity index (χ0) is 9.68. The quantitative estimate of drug-likeness (QED) is 0.736. The summed E-state index contributed by atoms with van der Waals surface area (Å²) in [7, 11) is 0. The molecular formula is C10H18N2S. The van der Waals surface area contributed by atoms with Crippen LogP contribution in [-0.2, 0) is 6.54 Å². The number of nitrogens with one attached hydrogen (secondary N) is 1. The molecule has 1 rings (SSSR count). The van der Waals surface area contributed by atoms with Crippen molar-refractivity contribution in [3.63, 3.8) is 0 Å². The standard InChI is InChI=1S/C10H18N2S/c1-8(2)4-5-11-7-10-12-6-9(3)13-10/h6,8,11H,4-5,7H2,1-3H3. The Balaban J connectivity index is 2.13. The summed E-state index contributed by atoms with van der Waals surface area (Å²) in [6.45, 7) is 8.60. The second kappa shape index (κ2) is 5.35. The lowest BCUT2D eigenvalue weighted by atomic mass is 10.1. The van der Waals surface area contributed by atoms with E-state index in [1.54, 1.807) is 11.3 Å². The largest absolute Gasteiger partial charge is 0.310 e. The first-order valence-electron chi connectivity index (χ1n) is 4.80. The number of rotatable bonds is 5. The van der Waals surface area contributed by atoms with Gasteiger partial charge in [-0.05, 0) is 25.8 Å². The summed E-state index contributed by atoms with van der Waals surface area (Å²) < 4.78 is 0. The molecule has 0 radical (unpaired) electrons. The summed E-state index contributed by atoms with van der Waals surface area (Å²) in [5.41, 5.74) is 0. The molecule has 13 heavy (non-hydrogen) atoms. The van der Waals surface area contributed by atoms with Gasteiger partial charge in [-0.25, -0.2) is 4.98 Å². The highest BCUT2D eigenvalue weighted by Gasteiger charge is 1.98. The van der Waals surface area contributed by atoms with E-state index in [9.17, 15) is 0 Å². The van der Waals surface area contributed by atoms with E-state index in [1.165, 1.54) is 16.3 Å². The van der Waals surface area contributed by atoms with Gasteiger partial charge in [0.1, 0.15) is 5.01 Å². The molecule has 3 heteroatoms. The fraction of sp³-hybridized carbons (Fsp3) is 0.700. The van der Waals surface area contributed by atoms with Gasteiger partial charge in [-0.3, -0.25) is 0 Å². The van der Waals surface area contributed by atoms with Crippen molar-refractivity contribution in [2.75, 3.05) is 6.54 Å². The van der Waals surface area contributed by atoms with E-state index >= 15 is 0 Å². The van der Waals surface area contributed by atoms with Crippen LogP contribution in [-0.4, -0.2) is 11.5 Å². The number of aryl methyl sites for hydroxylation is 1. The van der Waals surface area contributed by atoms with Gasteiger partial charge >= 0.3 is 0 Å². The van der Waals surface area contributed by atoms with Crippen molar-refractivity contribution in [1.82, 2.24) is 10.3 Å². The van der Waals surface area contributed by atoms with Crippen LogP contribution in [0.5, 0.6) is 0 Å². The van der Waals surface area contributed by atoms with Crippen LogP contribution in [0.25, 0.3) is 0 Å². The molecule has 0 aliphatic carbocycles. The van der Waals surface area contributed by atoms with Gasteiger partial charge in [-0.1, -0.05) is 13.8 Å². The Morgan fingerprint density at radius 3 is 2.85 bits per heavy atom. The summed E-state index contributed by atoms with van der Waals surface area (Å²) in [4.78, 5) is 5.58. The minimum Gasteiger partial charge on any atom is -0.310 e. The van der Waals surface area contributed by atoms with E-state index < -0.39 is 0 Å². The Kier molecular flexibility index (Phi) is 4.39. The van der Waals surface area contributed by atoms with Crippen LogP contribution in [0.1, 0.15) is 30.2 Å². The van der Waals surface area contributed by atoms with Crippen LogP contribution in [0.3, 0.4) is 0 Å². The van der Waals surface area contributed by atoms with E-state index in [1.807, 2.05) is 6.20 Å². The Morgan fingerprint density at radius 2 is 2.31 bits per heavy atom. The van der Waals surface area contributed by atoms with Crippen molar-refractivity contribution in [3.8, 4) is 0 Å². The molecule has 0 aromatic carbocycles. The van der Waals surface area contributed by atoms with Crippen molar-refractivity contribution in [3.05, 3.63) is 16.1 Å². The number of hydrogen-bond donors (Lipinski definition) is 1. The van der Waals surface area contributed by atoms with E-state index in [-0.39, 0.29) is 0 Å². The van der Waals surface area contributed by atoms with E-state index in [0.29, 0.717) is 0 Å². The van der Waals surface area contributed by atoms with E-state index in [0.717, 1.165) is 19.0 Å². The summed E-state index contributed by atoms with van der Waals surface area (Å²) in [5.74, 6) is 0.783. The van der Waals surface area contributed by atoms with Crippen molar-refractivity contribution >= 4 is 11.3 Å². The van der Waals surface area contributed by atoms with Gasteiger partial charge in [0.25, 0.3) is 0 Å². The molecule has 74 valence electrons. The average molecular weight is 198 g/mol. The zero-order valence-corrected chi connectivity index (χ0v) is 9.45. The molecule has 0 saturated heterocycles. The lowest BCUT2D eigenvalue weighted by molar-refractivity contribution is 0.537. The number of aromatic nitrogens is 1. The Labute approximate surface area is 84.4 Å². The first-order chi connectivity index (χ1) is 6.18. The summed E-state index contributed by atoms with van der Waals surface area (Å²) >= 11 is 1.77. The van der Waals surface area contributed by atoms with Gasteiger partial charge in [0.15, 0.2) is 0 Å². The third-order valence-electron chi connectivity index (χ3n) is 1.84. The highest BCUT2D eigenvalue weighted by Crippen LogP contribution is 2.10. The normalized spacial score (nSPS) is 11.1. The van der Waals surface area contributed by atoms with Crippen molar-refractivity contribution < 1.29 is 0 Å². The predicted octanol–water partition coefficient (Wildman–Crippen LogP) is 2.59. The molecule has 0 spiro atoms. The highest BCUT2D eigenvalue weighted by atomic mass is 32.1. The molecule has 1 heterocycles. The molecule has 1 N–H and O–H groups in total. The molecule has 0 bridgehead atoms. The predicted molar refractivity (Wildman–Crippen MR) is 58.0 cm³/mol. The minimum atomic E-state index is 0.783. The van der Waals surface area contributed by atoms with Gasteiger partial charge in [0.05, 0.1) is 0 Å². The average Bonchev–Trinajstić information content (AvgIpc) is 2.45. The van der Waals surface area contributed by atoms with Crippen LogP contribution in [0.2, 0.25) is 0 Å². The molecule has 0 aliphatic rings. The molecular weight excluding hydrogens is 180 g/mol. The summed E-state index contributed by atoms with van der Waals surface area (Å²) in [5, 5.41) is 4.59. The molecule has 1 aromatic rings. The maximum absolute atomic E-state index is 4.29. The molecule has 0 saturated carbocycles. The molecule has 0 atom stereocenters. The second-order valence-corrected chi connectivity index (χ2v) is 5.04. The monoisotopic (exact) mass is 198 g/mol. The molecule has 0 fully saturated rings. The second-order valence-electron chi connectivity index (χ2n) is 3.72. The van der Waals surface area contributed by atoms with E-state index in [4.69, 9.17) is 0 Å². The van der Waals surface area contributed by atoms with Gasteiger partial charge in [-0.2, -0.15) is 0 Å². The van der Waals surface area contributed by atoms with Gasteiger partial charge < -0.3 is 5.32 Å². The van der Waals surface area contributed by atoms with Crippen LogP contribution < -0.4 is 5.32 Å². The lowest BCUT2D eigenvalue weighted by Crippen LogP contribution is -2.15. The van der Waals surface area contributed by atoms with Crippen LogP contribution in [0, 0.1) is 12.8 Å². The van der Waals surface area contributed by atoms with Crippen LogP contribution in [0.15, 0.2) is 6.20 Å². The molecule has 0 amide bonds. The third kappa shape index (κ3) is 4.39. The number of hydrogen-bond acceptors (Lipinski definition) is 3. The first kappa shape index (κ1) is 10.7. The van der Waals surface area contributed by atoms with Gasteiger partial charge in [0, 0.05) is 17.6 Å².